The smallest absolute Gasteiger partial charge is 0.248 e. The van der Waals surface area contributed by atoms with Crippen LogP contribution < -0.4 is 10.3 Å². The number of aromatic nitrogens is 1. The lowest BCUT2D eigenvalue weighted by atomic mass is 10.2. The van der Waals surface area contributed by atoms with Crippen LogP contribution in [0.15, 0.2) is 35.1 Å². The van der Waals surface area contributed by atoms with Crippen molar-refractivity contribution in [1.82, 2.24) is 4.98 Å². The van der Waals surface area contributed by atoms with E-state index < -0.39 is 0 Å². The van der Waals surface area contributed by atoms with Gasteiger partial charge in [0.2, 0.25) is 5.56 Å². The van der Waals surface area contributed by atoms with Crippen molar-refractivity contribution in [3.8, 4) is 5.75 Å². The van der Waals surface area contributed by atoms with Crippen LogP contribution in [0.4, 0.5) is 0 Å². The minimum Gasteiger partial charge on any atom is -0.493 e. The molecule has 1 heterocycles. The third-order valence-corrected chi connectivity index (χ3v) is 2.37. The van der Waals surface area contributed by atoms with Crippen molar-refractivity contribution in [1.29, 1.82) is 0 Å². The molecule has 0 saturated carbocycles. The number of benzene rings is 1. The van der Waals surface area contributed by atoms with E-state index in [-0.39, 0.29) is 5.56 Å². The van der Waals surface area contributed by atoms with E-state index in [4.69, 9.17) is 4.74 Å². The van der Waals surface area contributed by atoms with Gasteiger partial charge in [0.25, 0.3) is 0 Å². The minimum absolute atomic E-state index is 0.0971. The molecule has 0 bridgehead atoms. The van der Waals surface area contributed by atoms with E-state index in [0.717, 1.165) is 22.0 Å². The van der Waals surface area contributed by atoms with E-state index in [2.05, 4.69) is 20.9 Å². The molecule has 78 valence electrons. The predicted molar refractivity (Wildman–Crippen MR) is 63.9 cm³/mol. The fourth-order valence-corrected chi connectivity index (χ4v) is 1.54. The predicted octanol–water partition coefficient (Wildman–Crippen LogP) is 2.30. The van der Waals surface area contributed by atoms with Gasteiger partial charge in [0.05, 0.1) is 12.1 Å². The summed E-state index contributed by atoms with van der Waals surface area (Å²) in [6.45, 7) is 0.614. The Bertz CT molecular complexity index is 521. The number of alkyl halides is 1. The van der Waals surface area contributed by atoms with Gasteiger partial charge in [-0.3, -0.25) is 4.79 Å². The zero-order valence-corrected chi connectivity index (χ0v) is 9.58. The van der Waals surface area contributed by atoms with Gasteiger partial charge in [-0.05, 0) is 23.6 Å². The van der Waals surface area contributed by atoms with Crippen LogP contribution in [0.5, 0.6) is 5.75 Å². The Hall–Kier alpha value is -1.29. The molecule has 0 radical (unpaired) electrons. The lowest BCUT2D eigenvalue weighted by molar-refractivity contribution is 0.345. The molecule has 1 N–H and O–H groups in total. The highest BCUT2D eigenvalue weighted by molar-refractivity contribution is 9.09. The van der Waals surface area contributed by atoms with Gasteiger partial charge < -0.3 is 9.72 Å². The number of fused-ring (bicyclic) bond motifs is 1. The monoisotopic (exact) mass is 267 g/mol. The molecular formula is C11H10BrNO2. The van der Waals surface area contributed by atoms with Crippen molar-refractivity contribution in [3.05, 3.63) is 40.7 Å². The quantitative estimate of drug-likeness (QED) is 0.868. The zero-order valence-electron chi connectivity index (χ0n) is 8.00. The number of ether oxygens (including phenoxy) is 1. The number of halogens is 1. The van der Waals surface area contributed by atoms with Crippen molar-refractivity contribution >= 4 is 26.8 Å². The Morgan fingerprint density at radius 3 is 2.87 bits per heavy atom. The second kappa shape index (κ2) is 4.49. The summed E-state index contributed by atoms with van der Waals surface area (Å²) in [5, 5.41) is 1.79. The average Bonchev–Trinajstić information content (AvgIpc) is 2.25. The molecule has 2 aromatic rings. The SMILES string of the molecule is O=c1ccc2ccc(OCCBr)cc2[nH]1. The molecule has 0 unspecified atom stereocenters. The zero-order chi connectivity index (χ0) is 10.7. The highest BCUT2D eigenvalue weighted by Gasteiger charge is 1.97. The summed E-state index contributed by atoms with van der Waals surface area (Å²) in [4.78, 5) is 13.9. The van der Waals surface area contributed by atoms with Gasteiger partial charge in [-0.1, -0.05) is 15.9 Å². The average molecular weight is 268 g/mol. The first-order chi connectivity index (χ1) is 7.29. The summed E-state index contributed by atoms with van der Waals surface area (Å²) in [6.07, 6.45) is 0. The summed E-state index contributed by atoms with van der Waals surface area (Å²) in [7, 11) is 0. The minimum atomic E-state index is -0.0971. The molecule has 2 rings (SSSR count). The molecule has 0 amide bonds. The lowest BCUT2D eigenvalue weighted by Crippen LogP contribution is -2.03. The number of pyridine rings is 1. The Morgan fingerprint density at radius 1 is 1.27 bits per heavy atom. The molecule has 15 heavy (non-hydrogen) atoms. The Balaban J connectivity index is 2.40. The van der Waals surface area contributed by atoms with Gasteiger partial charge in [0, 0.05) is 17.5 Å². The fraction of sp³-hybridized carbons (Fsp3) is 0.182. The van der Waals surface area contributed by atoms with E-state index in [1.807, 2.05) is 18.2 Å². The van der Waals surface area contributed by atoms with Crippen molar-refractivity contribution in [3.63, 3.8) is 0 Å². The van der Waals surface area contributed by atoms with Crippen LogP contribution in [0, 0.1) is 0 Å². The molecule has 0 aliphatic rings. The molecule has 3 nitrogen and oxygen atoms in total. The van der Waals surface area contributed by atoms with E-state index in [9.17, 15) is 4.79 Å². The van der Waals surface area contributed by atoms with Gasteiger partial charge in [0.15, 0.2) is 0 Å². The molecular weight excluding hydrogens is 258 g/mol. The Labute approximate surface area is 95.2 Å². The van der Waals surface area contributed by atoms with Crippen LogP contribution in [-0.2, 0) is 0 Å². The first-order valence-corrected chi connectivity index (χ1v) is 5.73. The molecule has 0 aliphatic carbocycles. The van der Waals surface area contributed by atoms with Crippen molar-refractivity contribution in [2.75, 3.05) is 11.9 Å². The molecule has 0 saturated heterocycles. The maximum absolute atomic E-state index is 11.1. The molecule has 0 spiro atoms. The second-order valence-electron chi connectivity index (χ2n) is 3.11. The van der Waals surface area contributed by atoms with Crippen LogP contribution in [0.3, 0.4) is 0 Å². The van der Waals surface area contributed by atoms with Gasteiger partial charge in [0.1, 0.15) is 5.75 Å². The Morgan fingerprint density at radius 2 is 2.07 bits per heavy atom. The molecule has 0 fully saturated rings. The largest absolute Gasteiger partial charge is 0.493 e. The van der Waals surface area contributed by atoms with Crippen LogP contribution in [0.2, 0.25) is 0 Å². The topological polar surface area (TPSA) is 42.1 Å². The van der Waals surface area contributed by atoms with Gasteiger partial charge >= 0.3 is 0 Å². The second-order valence-corrected chi connectivity index (χ2v) is 3.90. The van der Waals surface area contributed by atoms with E-state index in [1.165, 1.54) is 6.07 Å². The summed E-state index contributed by atoms with van der Waals surface area (Å²) in [6, 6.07) is 8.96. The van der Waals surface area contributed by atoms with Crippen LogP contribution in [0.1, 0.15) is 0 Å². The van der Waals surface area contributed by atoms with Crippen LogP contribution in [-0.4, -0.2) is 16.9 Å². The van der Waals surface area contributed by atoms with E-state index in [0.29, 0.717) is 6.61 Å². The van der Waals surface area contributed by atoms with E-state index >= 15 is 0 Å². The molecule has 4 heteroatoms. The highest BCUT2D eigenvalue weighted by atomic mass is 79.9. The molecule has 1 aromatic carbocycles. The molecule has 1 aromatic heterocycles. The van der Waals surface area contributed by atoms with Crippen molar-refractivity contribution < 1.29 is 4.74 Å². The van der Waals surface area contributed by atoms with E-state index in [1.54, 1.807) is 6.07 Å². The van der Waals surface area contributed by atoms with Crippen molar-refractivity contribution in [2.45, 2.75) is 0 Å². The number of nitrogens with one attached hydrogen (secondary N) is 1. The Kier molecular flexibility index (Phi) is 3.06. The van der Waals surface area contributed by atoms with Gasteiger partial charge in [-0.15, -0.1) is 0 Å². The number of hydrogen-bond acceptors (Lipinski definition) is 2. The molecule has 0 aliphatic heterocycles. The third kappa shape index (κ3) is 2.39. The van der Waals surface area contributed by atoms with Crippen LogP contribution >= 0.6 is 15.9 Å². The lowest BCUT2D eigenvalue weighted by Gasteiger charge is -2.04. The van der Waals surface area contributed by atoms with Gasteiger partial charge in [-0.2, -0.15) is 0 Å². The van der Waals surface area contributed by atoms with Crippen LogP contribution in [0.25, 0.3) is 10.9 Å². The summed E-state index contributed by atoms with van der Waals surface area (Å²) >= 11 is 3.29. The number of hydrogen-bond donors (Lipinski definition) is 1. The maximum Gasteiger partial charge on any atom is 0.248 e. The third-order valence-electron chi connectivity index (χ3n) is 2.04. The number of H-pyrrole nitrogens is 1. The first-order valence-electron chi connectivity index (χ1n) is 4.61. The maximum atomic E-state index is 11.1. The summed E-state index contributed by atoms with van der Waals surface area (Å²) in [5.74, 6) is 0.767. The summed E-state index contributed by atoms with van der Waals surface area (Å²) in [5.41, 5.74) is 0.703. The standard InChI is InChI=1S/C11H10BrNO2/c12-5-6-15-9-3-1-8-2-4-11(14)13-10(8)7-9/h1-4,7H,5-6H2,(H,13,14). The highest BCUT2D eigenvalue weighted by Crippen LogP contribution is 2.17. The normalized spacial score (nSPS) is 10.5. The molecule has 0 atom stereocenters. The van der Waals surface area contributed by atoms with Crippen molar-refractivity contribution in [2.24, 2.45) is 0 Å². The first kappa shape index (κ1) is 10.2. The van der Waals surface area contributed by atoms with Gasteiger partial charge in [-0.25, -0.2) is 0 Å². The number of rotatable bonds is 3. The fourth-order valence-electron chi connectivity index (χ4n) is 1.38. The summed E-state index contributed by atoms with van der Waals surface area (Å²) < 4.78 is 5.43. The number of aromatic amines is 1.